The fourth-order valence-corrected chi connectivity index (χ4v) is 3.50. The maximum atomic E-state index is 12.7. The summed E-state index contributed by atoms with van der Waals surface area (Å²) in [6.45, 7) is 6.55. The molecule has 0 fully saturated rings. The summed E-state index contributed by atoms with van der Waals surface area (Å²) in [7, 11) is 0. The molecule has 1 aliphatic rings. The summed E-state index contributed by atoms with van der Waals surface area (Å²) in [5, 5.41) is 6.96. The first-order valence-electron chi connectivity index (χ1n) is 10.1. The van der Waals surface area contributed by atoms with E-state index in [2.05, 4.69) is 48.7 Å². The van der Waals surface area contributed by atoms with Crippen molar-refractivity contribution in [2.75, 3.05) is 11.9 Å². The Bertz CT molecular complexity index is 908. The van der Waals surface area contributed by atoms with Crippen LogP contribution in [-0.4, -0.2) is 24.3 Å². The van der Waals surface area contributed by atoms with E-state index in [0.717, 1.165) is 36.1 Å². The van der Waals surface area contributed by atoms with Gasteiger partial charge in [0.25, 0.3) is 0 Å². The second-order valence-corrected chi connectivity index (χ2v) is 7.00. The van der Waals surface area contributed by atoms with Crippen molar-refractivity contribution >= 4 is 23.4 Å². The minimum Gasteiger partial charge on any atom is -0.442 e. The molecular formula is C23H27N3O3. The van der Waals surface area contributed by atoms with E-state index >= 15 is 0 Å². The van der Waals surface area contributed by atoms with Crippen molar-refractivity contribution in [2.45, 2.75) is 46.5 Å². The van der Waals surface area contributed by atoms with Gasteiger partial charge in [-0.15, -0.1) is 0 Å². The largest absolute Gasteiger partial charge is 0.442 e. The number of carbonyl (C=O) groups excluding carboxylic acids is 2. The fraction of sp³-hybridized carbons (Fsp3) is 0.348. The van der Waals surface area contributed by atoms with Gasteiger partial charge in [0.15, 0.2) is 0 Å². The van der Waals surface area contributed by atoms with E-state index in [1.54, 1.807) is 0 Å². The molecule has 0 radical (unpaired) electrons. The Morgan fingerprint density at radius 1 is 1.07 bits per heavy atom. The van der Waals surface area contributed by atoms with E-state index in [-0.39, 0.29) is 12.5 Å². The number of rotatable bonds is 7. The number of carbonyl (C=O) groups is 2. The molecule has 0 saturated carbocycles. The van der Waals surface area contributed by atoms with Crippen molar-refractivity contribution in [3.63, 3.8) is 0 Å². The van der Waals surface area contributed by atoms with E-state index in [4.69, 9.17) is 4.74 Å². The predicted molar refractivity (Wildman–Crippen MR) is 114 cm³/mol. The third kappa shape index (κ3) is 5.02. The number of amides is 2. The molecule has 1 aliphatic heterocycles. The zero-order valence-electron chi connectivity index (χ0n) is 17.2. The standard InChI is InChI=1S/C23H27N3O3/c1-4-15-11-16(5-2)20(17(6-3)12-15)13-22(27)24-19-9-7-18(8-10-19)21-14-29-23(28)26-25-21/h7-12H,4-6,13-14H2,1-3H3,(H,24,27)(H,26,28). The van der Waals surface area contributed by atoms with Crippen LogP contribution in [0.15, 0.2) is 41.5 Å². The van der Waals surface area contributed by atoms with Crippen molar-refractivity contribution in [2.24, 2.45) is 5.10 Å². The molecule has 1 heterocycles. The number of nitrogens with zero attached hydrogens (tertiary/aromatic N) is 1. The third-order valence-electron chi connectivity index (χ3n) is 5.13. The molecule has 0 bridgehead atoms. The van der Waals surface area contributed by atoms with E-state index < -0.39 is 6.09 Å². The number of benzene rings is 2. The topological polar surface area (TPSA) is 79.8 Å². The van der Waals surface area contributed by atoms with Gasteiger partial charge in [0, 0.05) is 11.3 Å². The Labute approximate surface area is 171 Å². The van der Waals surface area contributed by atoms with Crippen LogP contribution < -0.4 is 10.7 Å². The third-order valence-corrected chi connectivity index (χ3v) is 5.13. The number of hydrazone groups is 1. The summed E-state index contributed by atoms with van der Waals surface area (Å²) < 4.78 is 4.92. The highest BCUT2D eigenvalue weighted by molar-refractivity contribution is 6.04. The molecule has 0 saturated heterocycles. The fourth-order valence-electron chi connectivity index (χ4n) is 3.50. The monoisotopic (exact) mass is 393 g/mol. The van der Waals surface area contributed by atoms with Crippen molar-refractivity contribution in [1.29, 1.82) is 0 Å². The molecule has 0 unspecified atom stereocenters. The van der Waals surface area contributed by atoms with Crippen molar-refractivity contribution in [1.82, 2.24) is 5.43 Å². The Morgan fingerprint density at radius 2 is 1.72 bits per heavy atom. The lowest BCUT2D eigenvalue weighted by Crippen LogP contribution is -2.30. The Morgan fingerprint density at radius 3 is 2.24 bits per heavy atom. The lowest BCUT2D eigenvalue weighted by atomic mass is 9.91. The summed E-state index contributed by atoms with van der Waals surface area (Å²) in [5.41, 5.74) is 9.46. The normalized spacial score (nSPS) is 13.3. The number of anilines is 1. The Hall–Kier alpha value is -3.15. The van der Waals surface area contributed by atoms with Crippen LogP contribution in [0.5, 0.6) is 0 Å². The molecular weight excluding hydrogens is 366 g/mol. The van der Waals surface area contributed by atoms with Gasteiger partial charge in [0.2, 0.25) is 5.91 Å². The highest BCUT2D eigenvalue weighted by Crippen LogP contribution is 2.22. The molecule has 0 spiro atoms. The molecule has 2 aromatic carbocycles. The van der Waals surface area contributed by atoms with Gasteiger partial charge in [-0.25, -0.2) is 10.2 Å². The number of aryl methyl sites for hydroxylation is 3. The minimum atomic E-state index is -0.553. The summed E-state index contributed by atoms with van der Waals surface area (Å²) in [6, 6.07) is 11.8. The second kappa shape index (κ2) is 9.37. The van der Waals surface area contributed by atoms with Gasteiger partial charge in [0.05, 0.1) is 6.42 Å². The van der Waals surface area contributed by atoms with Crippen molar-refractivity contribution in [3.05, 3.63) is 64.2 Å². The first-order valence-corrected chi connectivity index (χ1v) is 10.1. The summed E-state index contributed by atoms with van der Waals surface area (Å²) in [6.07, 6.45) is 2.64. The van der Waals surface area contributed by atoms with Gasteiger partial charge in [-0.1, -0.05) is 45.0 Å². The maximum Gasteiger partial charge on any atom is 0.428 e. The number of nitrogens with one attached hydrogen (secondary N) is 2. The summed E-state index contributed by atoms with van der Waals surface area (Å²) in [5.74, 6) is -0.0306. The smallest absolute Gasteiger partial charge is 0.428 e. The van der Waals surface area contributed by atoms with Gasteiger partial charge in [-0.3, -0.25) is 4.79 Å². The van der Waals surface area contributed by atoms with E-state index in [1.807, 2.05) is 24.3 Å². The molecule has 6 heteroatoms. The Balaban J connectivity index is 1.70. The first kappa shape index (κ1) is 20.6. The minimum absolute atomic E-state index is 0.0306. The lowest BCUT2D eigenvalue weighted by Gasteiger charge is -2.16. The van der Waals surface area contributed by atoms with E-state index in [1.165, 1.54) is 16.7 Å². The highest BCUT2D eigenvalue weighted by atomic mass is 16.6. The van der Waals surface area contributed by atoms with Crippen LogP contribution in [0.25, 0.3) is 0 Å². The molecule has 2 amide bonds. The van der Waals surface area contributed by atoms with Crippen LogP contribution in [0.3, 0.4) is 0 Å². The molecule has 29 heavy (non-hydrogen) atoms. The molecule has 2 aromatic rings. The van der Waals surface area contributed by atoms with Gasteiger partial charge in [-0.2, -0.15) is 5.10 Å². The molecule has 0 atom stereocenters. The van der Waals surface area contributed by atoms with Gasteiger partial charge >= 0.3 is 6.09 Å². The highest BCUT2D eigenvalue weighted by Gasteiger charge is 2.15. The maximum absolute atomic E-state index is 12.7. The summed E-state index contributed by atoms with van der Waals surface area (Å²) in [4.78, 5) is 23.7. The molecule has 3 rings (SSSR count). The van der Waals surface area contributed by atoms with E-state index in [0.29, 0.717) is 12.1 Å². The molecule has 0 aromatic heterocycles. The van der Waals surface area contributed by atoms with Crippen LogP contribution in [-0.2, 0) is 35.2 Å². The molecule has 2 N–H and O–H groups in total. The van der Waals surface area contributed by atoms with Crippen LogP contribution >= 0.6 is 0 Å². The zero-order chi connectivity index (χ0) is 20.8. The van der Waals surface area contributed by atoms with Gasteiger partial charge < -0.3 is 10.1 Å². The second-order valence-electron chi connectivity index (χ2n) is 7.00. The van der Waals surface area contributed by atoms with Gasteiger partial charge in [0.1, 0.15) is 12.3 Å². The van der Waals surface area contributed by atoms with Gasteiger partial charge in [-0.05, 0) is 53.6 Å². The van der Waals surface area contributed by atoms with Crippen LogP contribution in [0.1, 0.15) is 48.6 Å². The number of cyclic esters (lactones) is 1. The van der Waals surface area contributed by atoms with Crippen molar-refractivity contribution < 1.29 is 14.3 Å². The quantitative estimate of drug-likeness (QED) is 0.746. The molecule has 0 aliphatic carbocycles. The average molecular weight is 393 g/mol. The van der Waals surface area contributed by atoms with E-state index in [9.17, 15) is 9.59 Å². The average Bonchev–Trinajstić information content (AvgIpc) is 2.75. The van der Waals surface area contributed by atoms with Crippen LogP contribution in [0.4, 0.5) is 10.5 Å². The lowest BCUT2D eigenvalue weighted by molar-refractivity contribution is -0.115. The first-order chi connectivity index (χ1) is 14.0. The van der Waals surface area contributed by atoms with Crippen LogP contribution in [0.2, 0.25) is 0 Å². The number of ether oxygens (including phenoxy) is 1. The SMILES string of the molecule is CCc1cc(CC)c(CC(=O)Nc2ccc(C3=NNC(=O)OC3)cc2)c(CC)c1. The van der Waals surface area contributed by atoms with Crippen LogP contribution in [0, 0.1) is 0 Å². The Kier molecular flexibility index (Phi) is 6.65. The number of hydrogen-bond donors (Lipinski definition) is 2. The van der Waals surface area contributed by atoms with Crippen molar-refractivity contribution in [3.8, 4) is 0 Å². The zero-order valence-corrected chi connectivity index (χ0v) is 17.2. The summed E-state index contributed by atoms with van der Waals surface area (Å²) >= 11 is 0. The predicted octanol–water partition coefficient (Wildman–Crippen LogP) is 4.00. The molecule has 152 valence electrons. The molecule has 6 nitrogen and oxygen atoms in total. The number of hydrogen-bond acceptors (Lipinski definition) is 4.